The fourth-order valence-corrected chi connectivity index (χ4v) is 4.38. The van der Waals surface area contributed by atoms with Crippen LogP contribution < -0.4 is 4.72 Å². The van der Waals surface area contributed by atoms with Gasteiger partial charge in [0.2, 0.25) is 0 Å². The Labute approximate surface area is 127 Å². The number of aryl methyl sites for hydroxylation is 3. The van der Waals surface area contributed by atoms with E-state index in [9.17, 15) is 13.2 Å². The molecule has 114 valence electrons. The number of hydrogen-bond donors (Lipinski definition) is 1. The number of carbonyl (C=O) groups excluding carboxylic acids is 1. The first kappa shape index (κ1) is 15.7. The first-order valence-corrected chi connectivity index (χ1v) is 8.63. The zero-order chi connectivity index (χ0) is 15.9. The van der Waals surface area contributed by atoms with E-state index in [-0.39, 0.29) is 4.90 Å². The van der Waals surface area contributed by atoms with Gasteiger partial charge in [-0.15, -0.1) is 11.3 Å². The maximum atomic E-state index is 12.4. The van der Waals surface area contributed by atoms with Crippen LogP contribution in [0.3, 0.4) is 0 Å². The summed E-state index contributed by atoms with van der Waals surface area (Å²) in [6, 6.07) is 0. The molecular formula is C13H17N3O3S2. The Hall–Kier alpha value is -1.67. The number of amides is 1. The van der Waals surface area contributed by atoms with Crippen LogP contribution >= 0.6 is 11.3 Å². The smallest absolute Gasteiger partial charge is 0.267 e. The van der Waals surface area contributed by atoms with Gasteiger partial charge in [0.15, 0.2) is 0 Å². The average Bonchev–Trinajstić information content (AvgIpc) is 2.81. The quantitative estimate of drug-likeness (QED) is 0.932. The summed E-state index contributed by atoms with van der Waals surface area (Å²) in [6.07, 6.45) is 0. The molecule has 0 fully saturated rings. The summed E-state index contributed by atoms with van der Waals surface area (Å²) in [5.74, 6) is -0.612. The Bertz CT molecular complexity index is 816. The van der Waals surface area contributed by atoms with Crippen LogP contribution in [0, 0.1) is 27.7 Å². The third kappa shape index (κ3) is 2.73. The summed E-state index contributed by atoms with van der Waals surface area (Å²) in [5.41, 5.74) is 2.05. The van der Waals surface area contributed by atoms with Gasteiger partial charge in [0.25, 0.3) is 15.9 Å². The lowest BCUT2D eigenvalue weighted by Gasteiger charge is -2.07. The van der Waals surface area contributed by atoms with Crippen LogP contribution in [0.4, 0.5) is 0 Å². The van der Waals surface area contributed by atoms with Gasteiger partial charge in [-0.25, -0.2) is 13.1 Å². The van der Waals surface area contributed by atoms with Gasteiger partial charge in [0.1, 0.15) is 4.90 Å². The average molecular weight is 327 g/mol. The van der Waals surface area contributed by atoms with Crippen molar-refractivity contribution in [2.24, 2.45) is 7.05 Å². The normalized spacial score (nSPS) is 11.7. The highest BCUT2D eigenvalue weighted by atomic mass is 32.2. The van der Waals surface area contributed by atoms with Gasteiger partial charge in [-0.05, 0) is 33.3 Å². The molecular weight excluding hydrogens is 310 g/mol. The number of sulfonamides is 1. The third-order valence-electron chi connectivity index (χ3n) is 3.47. The molecule has 2 rings (SSSR count). The van der Waals surface area contributed by atoms with Crippen LogP contribution in [0.25, 0.3) is 0 Å². The fourth-order valence-electron chi connectivity index (χ4n) is 2.11. The van der Waals surface area contributed by atoms with Crippen LogP contribution in [-0.4, -0.2) is 24.1 Å². The van der Waals surface area contributed by atoms with E-state index < -0.39 is 15.9 Å². The molecule has 0 unspecified atom stereocenters. The van der Waals surface area contributed by atoms with Gasteiger partial charge in [-0.3, -0.25) is 9.48 Å². The molecule has 2 aromatic heterocycles. The molecule has 0 saturated heterocycles. The number of nitrogens with zero attached hydrogens (tertiary/aromatic N) is 2. The van der Waals surface area contributed by atoms with Crippen molar-refractivity contribution in [2.75, 3.05) is 0 Å². The minimum Gasteiger partial charge on any atom is -0.271 e. The molecule has 0 spiro atoms. The summed E-state index contributed by atoms with van der Waals surface area (Å²) < 4.78 is 28.4. The van der Waals surface area contributed by atoms with Gasteiger partial charge in [0, 0.05) is 17.3 Å². The van der Waals surface area contributed by atoms with Crippen molar-refractivity contribution >= 4 is 27.3 Å². The molecule has 0 bridgehead atoms. The molecule has 1 N–H and O–H groups in total. The van der Waals surface area contributed by atoms with Crippen molar-refractivity contribution in [3.8, 4) is 0 Å². The highest BCUT2D eigenvalue weighted by Crippen LogP contribution is 2.22. The van der Waals surface area contributed by atoms with Crippen molar-refractivity contribution < 1.29 is 13.2 Å². The van der Waals surface area contributed by atoms with Crippen LogP contribution in [-0.2, 0) is 17.1 Å². The Morgan fingerprint density at radius 3 is 2.33 bits per heavy atom. The van der Waals surface area contributed by atoms with Gasteiger partial charge >= 0.3 is 0 Å². The molecule has 2 aromatic rings. The molecule has 21 heavy (non-hydrogen) atoms. The predicted octanol–water partition coefficient (Wildman–Crippen LogP) is 1.83. The van der Waals surface area contributed by atoms with E-state index in [1.165, 1.54) is 16.0 Å². The number of carbonyl (C=O) groups is 1. The lowest BCUT2D eigenvalue weighted by atomic mass is 10.2. The zero-order valence-electron chi connectivity index (χ0n) is 12.5. The van der Waals surface area contributed by atoms with Gasteiger partial charge in [-0.2, -0.15) is 5.10 Å². The number of rotatable bonds is 3. The third-order valence-corrected chi connectivity index (χ3v) is 6.06. The van der Waals surface area contributed by atoms with Crippen molar-refractivity contribution in [3.63, 3.8) is 0 Å². The minimum atomic E-state index is -3.93. The summed E-state index contributed by atoms with van der Waals surface area (Å²) in [7, 11) is -2.27. The lowest BCUT2D eigenvalue weighted by Crippen LogP contribution is -2.31. The Kier molecular flexibility index (Phi) is 3.94. The molecule has 0 saturated carbocycles. The van der Waals surface area contributed by atoms with Crippen molar-refractivity contribution in [1.82, 2.24) is 14.5 Å². The van der Waals surface area contributed by atoms with E-state index >= 15 is 0 Å². The lowest BCUT2D eigenvalue weighted by molar-refractivity contribution is 0.0981. The van der Waals surface area contributed by atoms with E-state index in [0.29, 0.717) is 17.0 Å². The maximum Gasteiger partial charge on any atom is 0.267 e. The molecule has 0 aliphatic heterocycles. The Morgan fingerprint density at radius 1 is 1.29 bits per heavy atom. The van der Waals surface area contributed by atoms with Crippen LogP contribution in [0.2, 0.25) is 0 Å². The standard InChI is InChI=1S/C13H17N3O3S2/c1-7-10(4)20-6-11(7)13(17)15-21(18,19)12-8(2)14-16(5)9(12)3/h6H,1-5H3,(H,15,17). The molecule has 0 aliphatic carbocycles. The molecule has 2 heterocycles. The molecule has 0 aromatic carbocycles. The van der Waals surface area contributed by atoms with Gasteiger partial charge < -0.3 is 0 Å². The Morgan fingerprint density at radius 2 is 1.90 bits per heavy atom. The van der Waals surface area contributed by atoms with Crippen molar-refractivity contribution in [1.29, 1.82) is 0 Å². The number of nitrogens with one attached hydrogen (secondary N) is 1. The highest BCUT2D eigenvalue weighted by molar-refractivity contribution is 7.90. The minimum absolute atomic E-state index is 0.0583. The van der Waals surface area contributed by atoms with E-state index in [0.717, 1.165) is 10.4 Å². The monoisotopic (exact) mass is 327 g/mol. The SMILES string of the molecule is Cc1nn(C)c(C)c1S(=O)(=O)NC(=O)c1csc(C)c1C. The van der Waals surface area contributed by atoms with Crippen molar-refractivity contribution in [2.45, 2.75) is 32.6 Å². The predicted molar refractivity (Wildman–Crippen MR) is 81.1 cm³/mol. The van der Waals surface area contributed by atoms with Gasteiger partial charge in [-0.1, -0.05) is 0 Å². The largest absolute Gasteiger partial charge is 0.271 e. The summed E-state index contributed by atoms with van der Waals surface area (Å²) in [4.78, 5) is 13.2. The van der Waals surface area contributed by atoms with Crippen molar-refractivity contribution in [3.05, 3.63) is 32.8 Å². The van der Waals surface area contributed by atoms with E-state index in [1.807, 2.05) is 6.92 Å². The number of aromatic nitrogens is 2. The van der Waals surface area contributed by atoms with E-state index in [1.54, 1.807) is 33.2 Å². The zero-order valence-corrected chi connectivity index (χ0v) is 14.1. The number of thiophene rings is 1. The second-order valence-electron chi connectivity index (χ2n) is 4.89. The van der Waals surface area contributed by atoms with E-state index in [2.05, 4.69) is 9.82 Å². The maximum absolute atomic E-state index is 12.4. The second kappa shape index (κ2) is 5.27. The van der Waals surface area contributed by atoms with Gasteiger partial charge in [0.05, 0.1) is 17.0 Å². The molecule has 8 heteroatoms. The van der Waals surface area contributed by atoms with Crippen LogP contribution in [0.15, 0.2) is 10.3 Å². The topological polar surface area (TPSA) is 81.1 Å². The molecule has 0 radical (unpaired) electrons. The highest BCUT2D eigenvalue weighted by Gasteiger charge is 2.27. The number of hydrogen-bond acceptors (Lipinski definition) is 5. The Balaban J connectivity index is 2.38. The van der Waals surface area contributed by atoms with Crippen LogP contribution in [0.1, 0.15) is 32.2 Å². The molecule has 0 aliphatic rings. The van der Waals surface area contributed by atoms with Crippen LogP contribution in [0.5, 0.6) is 0 Å². The molecule has 1 amide bonds. The summed E-state index contributed by atoms with van der Waals surface area (Å²) >= 11 is 1.42. The first-order chi connectivity index (χ1) is 9.65. The fraction of sp³-hybridized carbons (Fsp3) is 0.385. The molecule has 0 atom stereocenters. The summed E-state index contributed by atoms with van der Waals surface area (Å²) in [5, 5.41) is 5.73. The second-order valence-corrected chi connectivity index (χ2v) is 7.59. The van der Waals surface area contributed by atoms with E-state index in [4.69, 9.17) is 0 Å². The molecule has 6 nitrogen and oxygen atoms in total. The summed E-state index contributed by atoms with van der Waals surface area (Å²) in [6.45, 7) is 6.94. The first-order valence-electron chi connectivity index (χ1n) is 6.27.